The van der Waals surface area contributed by atoms with Crippen molar-refractivity contribution >= 4 is 11.6 Å². The standard InChI is InChI=1S/C15H26N4O/c1-9(2)13-17-8-11(16-7)12(19-13)14(20)18-10(3)15(4,5)6/h8-10,16H,1-7H3,(H,18,20). The molecule has 0 fully saturated rings. The van der Waals surface area contributed by atoms with Gasteiger partial charge in [0.25, 0.3) is 5.91 Å². The van der Waals surface area contributed by atoms with E-state index in [4.69, 9.17) is 0 Å². The zero-order valence-corrected chi connectivity index (χ0v) is 13.5. The average molecular weight is 278 g/mol. The van der Waals surface area contributed by atoms with E-state index in [0.29, 0.717) is 17.2 Å². The van der Waals surface area contributed by atoms with Crippen molar-refractivity contribution in [2.24, 2.45) is 5.41 Å². The summed E-state index contributed by atoms with van der Waals surface area (Å²) in [5, 5.41) is 5.98. The van der Waals surface area contributed by atoms with E-state index in [2.05, 4.69) is 41.4 Å². The van der Waals surface area contributed by atoms with Crippen LogP contribution in [0.1, 0.15) is 63.8 Å². The van der Waals surface area contributed by atoms with E-state index in [1.54, 1.807) is 13.2 Å². The van der Waals surface area contributed by atoms with Crippen LogP contribution in [0.15, 0.2) is 6.20 Å². The molecule has 1 heterocycles. The van der Waals surface area contributed by atoms with E-state index in [1.165, 1.54) is 0 Å². The Kier molecular flexibility index (Phi) is 5.09. The molecular weight excluding hydrogens is 252 g/mol. The minimum Gasteiger partial charge on any atom is -0.385 e. The summed E-state index contributed by atoms with van der Waals surface area (Å²) in [5.41, 5.74) is 1.05. The molecular formula is C15H26N4O. The second-order valence-electron chi connectivity index (χ2n) is 6.46. The Labute approximate surface area is 121 Å². The maximum Gasteiger partial charge on any atom is 0.272 e. The minimum atomic E-state index is -0.166. The lowest BCUT2D eigenvalue weighted by Crippen LogP contribution is -2.42. The molecule has 2 N–H and O–H groups in total. The van der Waals surface area contributed by atoms with Crippen molar-refractivity contribution in [2.75, 3.05) is 12.4 Å². The molecule has 1 rings (SSSR count). The maximum absolute atomic E-state index is 12.4. The van der Waals surface area contributed by atoms with Gasteiger partial charge in [-0.15, -0.1) is 0 Å². The van der Waals surface area contributed by atoms with Gasteiger partial charge in [-0.25, -0.2) is 9.97 Å². The molecule has 1 aromatic rings. The normalized spacial score (nSPS) is 13.2. The van der Waals surface area contributed by atoms with E-state index < -0.39 is 0 Å². The Morgan fingerprint density at radius 2 is 1.85 bits per heavy atom. The molecule has 0 aliphatic carbocycles. The molecule has 112 valence electrons. The van der Waals surface area contributed by atoms with Crippen LogP contribution in [0.2, 0.25) is 0 Å². The van der Waals surface area contributed by atoms with Gasteiger partial charge in [0.2, 0.25) is 0 Å². The molecule has 0 spiro atoms. The summed E-state index contributed by atoms with van der Waals surface area (Å²) in [7, 11) is 1.76. The number of hydrogen-bond acceptors (Lipinski definition) is 4. The first-order chi connectivity index (χ1) is 9.16. The van der Waals surface area contributed by atoms with Gasteiger partial charge in [0.05, 0.1) is 11.9 Å². The molecule has 0 bridgehead atoms. The monoisotopic (exact) mass is 278 g/mol. The quantitative estimate of drug-likeness (QED) is 0.888. The van der Waals surface area contributed by atoms with Gasteiger partial charge < -0.3 is 10.6 Å². The molecule has 5 heteroatoms. The number of anilines is 1. The van der Waals surface area contributed by atoms with Crippen molar-refractivity contribution in [3.63, 3.8) is 0 Å². The molecule has 0 aliphatic rings. The van der Waals surface area contributed by atoms with Crippen LogP contribution in [0, 0.1) is 5.41 Å². The number of aromatic nitrogens is 2. The lowest BCUT2D eigenvalue weighted by atomic mass is 9.88. The van der Waals surface area contributed by atoms with Crippen LogP contribution in [0.25, 0.3) is 0 Å². The van der Waals surface area contributed by atoms with Crippen molar-refractivity contribution in [3.8, 4) is 0 Å². The molecule has 20 heavy (non-hydrogen) atoms. The Hall–Kier alpha value is -1.65. The van der Waals surface area contributed by atoms with Crippen LogP contribution in [-0.4, -0.2) is 29.0 Å². The van der Waals surface area contributed by atoms with Gasteiger partial charge in [-0.1, -0.05) is 34.6 Å². The number of rotatable bonds is 4. The fourth-order valence-corrected chi connectivity index (χ4v) is 1.51. The summed E-state index contributed by atoms with van der Waals surface area (Å²) in [4.78, 5) is 21.1. The Bertz CT molecular complexity index is 477. The first-order valence-electron chi connectivity index (χ1n) is 7.02. The summed E-state index contributed by atoms with van der Waals surface area (Å²) in [6.07, 6.45) is 1.67. The van der Waals surface area contributed by atoms with E-state index in [1.807, 2.05) is 20.8 Å². The summed E-state index contributed by atoms with van der Waals surface area (Å²) >= 11 is 0. The molecule has 1 amide bonds. The van der Waals surface area contributed by atoms with Crippen LogP contribution in [0.4, 0.5) is 5.69 Å². The zero-order valence-electron chi connectivity index (χ0n) is 13.5. The van der Waals surface area contributed by atoms with Crippen LogP contribution < -0.4 is 10.6 Å². The highest BCUT2D eigenvalue weighted by molar-refractivity contribution is 5.97. The number of nitrogens with one attached hydrogen (secondary N) is 2. The third-order valence-corrected chi connectivity index (χ3v) is 3.45. The molecule has 1 atom stereocenters. The SMILES string of the molecule is CNc1cnc(C(C)C)nc1C(=O)NC(C)C(C)(C)C. The third-order valence-electron chi connectivity index (χ3n) is 3.45. The molecule has 1 aromatic heterocycles. The molecule has 0 saturated carbocycles. The van der Waals surface area contributed by atoms with Crippen LogP contribution in [-0.2, 0) is 0 Å². The van der Waals surface area contributed by atoms with Crippen molar-refractivity contribution in [2.45, 2.75) is 53.5 Å². The lowest BCUT2D eigenvalue weighted by molar-refractivity contribution is 0.0905. The molecule has 5 nitrogen and oxygen atoms in total. The summed E-state index contributed by atoms with van der Waals surface area (Å²) in [6, 6.07) is 0.0529. The first kappa shape index (κ1) is 16.4. The van der Waals surface area contributed by atoms with Gasteiger partial charge in [0.15, 0.2) is 5.69 Å². The number of nitrogens with zero attached hydrogens (tertiary/aromatic N) is 2. The number of carbonyl (C=O) groups is 1. The molecule has 0 aromatic carbocycles. The van der Waals surface area contributed by atoms with Gasteiger partial charge in [-0.2, -0.15) is 0 Å². The predicted molar refractivity (Wildman–Crippen MR) is 82.1 cm³/mol. The minimum absolute atomic E-state index is 0.00335. The van der Waals surface area contributed by atoms with E-state index >= 15 is 0 Å². The molecule has 1 unspecified atom stereocenters. The second kappa shape index (κ2) is 6.20. The Morgan fingerprint density at radius 3 is 2.30 bits per heavy atom. The lowest BCUT2D eigenvalue weighted by Gasteiger charge is -2.28. The summed E-state index contributed by atoms with van der Waals surface area (Å²) in [6.45, 7) is 12.3. The number of carbonyl (C=O) groups excluding carboxylic acids is 1. The average Bonchev–Trinajstić information content (AvgIpc) is 2.36. The largest absolute Gasteiger partial charge is 0.385 e. The maximum atomic E-state index is 12.4. The summed E-state index contributed by atoms with van der Waals surface area (Å²) < 4.78 is 0. The highest BCUT2D eigenvalue weighted by Crippen LogP contribution is 2.20. The Morgan fingerprint density at radius 1 is 1.25 bits per heavy atom. The highest BCUT2D eigenvalue weighted by Gasteiger charge is 2.24. The topological polar surface area (TPSA) is 66.9 Å². The van der Waals surface area contributed by atoms with Gasteiger partial charge >= 0.3 is 0 Å². The molecule has 0 saturated heterocycles. The fraction of sp³-hybridized carbons (Fsp3) is 0.667. The highest BCUT2D eigenvalue weighted by atomic mass is 16.2. The first-order valence-corrected chi connectivity index (χ1v) is 7.02. The zero-order chi connectivity index (χ0) is 15.5. The number of amides is 1. The molecule has 0 radical (unpaired) electrons. The summed E-state index contributed by atoms with van der Waals surface area (Å²) in [5.74, 6) is 0.700. The van der Waals surface area contributed by atoms with Crippen molar-refractivity contribution in [3.05, 3.63) is 17.7 Å². The van der Waals surface area contributed by atoms with Gasteiger partial charge in [-0.3, -0.25) is 4.79 Å². The Balaban J connectivity index is 3.04. The van der Waals surface area contributed by atoms with Crippen molar-refractivity contribution < 1.29 is 4.79 Å². The van der Waals surface area contributed by atoms with Gasteiger partial charge in [-0.05, 0) is 12.3 Å². The number of hydrogen-bond donors (Lipinski definition) is 2. The van der Waals surface area contributed by atoms with Gasteiger partial charge in [0.1, 0.15) is 5.82 Å². The van der Waals surface area contributed by atoms with Crippen molar-refractivity contribution in [1.82, 2.24) is 15.3 Å². The smallest absolute Gasteiger partial charge is 0.272 e. The fourth-order valence-electron chi connectivity index (χ4n) is 1.51. The van der Waals surface area contributed by atoms with Crippen molar-refractivity contribution in [1.29, 1.82) is 0 Å². The predicted octanol–water partition coefficient (Wildman–Crippen LogP) is 2.81. The molecule has 0 aliphatic heterocycles. The second-order valence-corrected chi connectivity index (χ2v) is 6.46. The van der Waals surface area contributed by atoms with E-state index in [0.717, 1.165) is 0 Å². The van der Waals surface area contributed by atoms with Crippen LogP contribution >= 0.6 is 0 Å². The van der Waals surface area contributed by atoms with E-state index in [-0.39, 0.29) is 23.3 Å². The third kappa shape index (κ3) is 3.92. The van der Waals surface area contributed by atoms with Crippen LogP contribution in [0.3, 0.4) is 0 Å². The van der Waals surface area contributed by atoms with Gasteiger partial charge in [0, 0.05) is 19.0 Å². The van der Waals surface area contributed by atoms with E-state index in [9.17, 15) is 4.79 Å². The van der Waals surface area contributed by atoms with Crippen LogP contribution in [0.5, 0.6) is 0 Å².